The molecule has 2 atom stereocenters. The summed E-state index contributed by atoms with van der Waals surface area (Å²) in [7, 11) is 0. The van der Waals surface area contributed by atoms with Crippen molar-refractivity contribution >= 4 is 45.7 Å². The summed E-state index contributed by atoms with van der Waals surface area (Å²) in [5.41, 5.74) is 23.0. The van der Waals surface area contributed by atoms with Crippen molar-refractivity contribution < 1.29 is 4.42 Å². The van der Waals surface area contributed by atoms with E-state index in [2.05, 4.69) is 218 Å². The standard InChI is InChI=1S/C31H23BO.C16H18.C14H16.2C2H6/c1-20-10-12-21(13-11-20)22-14-16-23(17-15-22)32-27-8-4-2-7-26(27)30-28(32)19-18-25-24-6-3-5-9-29(24)33-31(25)30;1-11-8-9-13-12-6-4-5-7-14(12)16(2,3)15(13)10-11;1-11-6-8-13(9-7-11)14-5-3-4-12(2)10-14;2*1-2/h2-4,6-8,10-19H,5,9H2,1H3;4-10,12,14H,1-3H3;5-10H,3-4H2,1-2H3;2*1-2H3. The molecule has 0 radical (unpaired) electrons. The van der Waals surface area contributed by atoms with E-state index in [1.807, 2.05) is 27.7 Å². The van der Waals surface area contributed by atoms with Gasteiger partial charge in [-0.2, -0.15) is 0 Å². The molecular weight excluding hydrogens is 808 g/mol. The number of hydrogen-bond donors (Lipinski definition) is 0. The third-order valence-corrected chi connectivity index (χ3v) is 14.2. The molecule has 0 amide bonds. The van der Waals surface area contributed by atoms with Crippen LogP contribution in [0.3, 0.4) is 0 Å². The van der Waals surface area contributed by atoms with Gasteiger partial charge < -0.3 is 4.42 Å². The van der Waals surface area contributed by atoms with Crippen LogP contribution in [0.5, 0.6) is 0 Å². The molecule has 4 aliphatic carbocycles. The van der Waals surface area contributed by atoms with E-state index in [1.54, 1.807) is 5.56 Å². The van der Waals surface area contributed by atoms with Crippen molar-refractivity contribution in [3.63, 3.8) is 0 Å². The normalized spacial score (nSPS) is 17.3. The second-order valence-corrected chi connectivity index (χ2v) is 19.0. The minimum Gasteiger partial charge on any atom is -0.460 e. The van der Waals surface area contributed by atoms with Crippen LogP contribution in [0, 0.1) is 26.7 Å². The van der Waals surface area contributed by atoms with Crippen LogP contribution in [0.1, 0.15) is 118 Å². The molecule has 7 aromatic rings. The zero-order valence-corrected chi connectivity index (χ0v) is 41.7. The Labute approximate surface area is 402 Å². The fraction of sp³-hybridized carbons (Fsp3) is 0.262. The van der Waals surface area contributed by atoms with Crippen molar-refractivity contribution in [3.8, 4) is 22.3 Å². The minimum absolute atomic E-state index is 0.227. The van der Waals surface area contributed by atoms with Crippen molar-refractivity contribution in [2.45, 2.75) is 106 Å². The molecule has 2 heterocycles. The van der Waals surface area contributed by atoms with Crippen LogP contribution in [-0.2, 0) is 11.8 Å². The molecule has 6 aromatic carbocycles. The van der Waals surface area contributed by atoms with Gasteiger partial charge in [0.2, 0.25) is 6.71 Å². The highest BCUT2D eigenvalue weighted by Gasteiger charge is 2.44. The van der Waals surface area contributed by atoms with Crippen molar-refractivity contribution in [1.29, 1.82) is 0 Å². The lowest BCUT2D eigenvalue weighted by atomic mass is 9.39. The fourth-order valence-corrected chi connectivity index (χ4v) is 10.8. The van der Waals surface area contributed by atoms with Gasteiger partial charge in [0, 0.05) is 28.9 Å². The van der Waals surface area contributed by atoms with Crippen LogP contribution in [0.4, 0.5) is 0 Å². The van der Waals surface area contributed by atoms with Gasteiger partial charge in [-0.15, -0.1) is 0 Å². The number of benzene rings is 6. The first-order chi connectivity index (χ1) is 32.6. The first kappa shape index (κ1) is 47.1. The molecule has 5 aliphatic rings. The highest BCUT2D eigenvalue weighted by molar-refractivity contribution is 6.99. The molecule has 0 saturated heterocycles. The third kappa shape index (κ3) is 9.47. The summed E-state index contributed by atoms with van der Waals surface area (Å²) in [5, 5.41) is 1.24. The Morgan fingerprint density at radius 3 is 1.96 bits per heavy atom. The van der Waals surface area contributed by atoms with Gasteiger partial charge in [0.15, 0.2) is 0 Å². The summed E-state index contributed by atoms with van der Waals surface area (Å²) in [6.45, 7) is 21.6. The van der Waals surface area contributed by atoms with Crippen molar-refractivity contribution in [2.75, 3.05) is 0 Å². The lowest BCUT2D eigenvalue weighted by molar-refractivity contribution is 0.394. The quantitative estimate of drug-likeness (QED) is 0.161. The molecule has 2 unspecified atom stereocenters. The molecule has 0 N–H and O–H groups in total. The van der Waals surface area contributed by atoms with Crippen LogP contribution in [0.25, 0.3) is 44.9 Å². The summed E-state index contributed by atoms with van der Waals surface area (Å²) in [4.78, 5) is 0. The van der Waals surface area contributed by atoms with Gasteiger partial charge in [0.05, 0.1) is 0 Å². The zero-order valence-electron chi connectivity index (χ0n) is 41.7. The van der Waals surface area contributed by atoms with Crippen LogP contribution in [0.2, 0.25) is 0 Å². The predicted octanol–water partition coefficient (Wildman–Crippen LogP) is 16.1. The summed E-state index contributed by atoms with van der Waals surface area (Å²) in [6, 6.07) is 47.0. The van der Waals surface area contributed by atoms with Gasteiger partial charge in [-0.25, -0.2) is 0 Å². The van der Waals surface area contributed by atoms with Gasteiger partial charge in [0.25, 0.3) is 0 Å². The molecule has 67 heavy (non-hydrogen) atoms. The van der Waals surface area contributed by atoms with E-state index in [0.717, 1.165) is 24.2 Å². The van der Waals surface area contributed by atoms with E-state index in [9.17, 15) is 0 Å². The number of hydrogen-bond acceptors (Lipinski definition) is 1. The number of aryl methyl sites for hydroxylation is 4. The molecular formula is C65H69BO. The topological polar surface area (TPSA) is 13.1 Å². The van der Waals surface area contributed by atoms with Gasteiger partial charge in [-0.05, 0) is 97.2 Å². The predicted molar refractivity (Wildman–Crippen MR) is 294 cm³/mol. The first-order valence-electron chi connectivity index (χ1n) is 25.1. The van der Waals surface area contributed by atoms with E-state index in [1.165, 1.54) is 101 Å². The Morgan fingerprint density at radius 2 is 1.25 bits per heavy atom. The summed E-state index contributed by atoms with van der Waals surface area (Å²) in [5.74, 6) is 2.36. The first-order valence-corrected chi connectivity index (χ1v) is 25.1. The number of furan rings is 1. The van der Waals surface area contributed by atoms with E-state index < -0.39 is 0 Å². The molecule has 0 fully saturated rings. The average Bonchev–Trinajstić information content (AvgIpc) is 3.99. The summed E-state index contributed by atoms with van der Waals surface area (Å²) < 4.78 is 6.51. The fourth-order valence-electron chi connectivity index (χ4n) is 10.8. The van der Waals surface area contributed by atoms with Gasteiger partial charge >= 0.3 is 0 Å². The Morgan fingerprint density at radius 1 is 0.612 bits per heavy atom. The average molecular weight is 877 g/mol. The number of rotatable bonds is 3. The monoisotopic (exact) mass is 877 g/mol. The largest absolute Gasteiger partial charge is 0.460 e. The van der Waals surface area contributed by atoms with Crippen LogP contribution >= 0.6 is 0 Å². The Hall–Kier alpha value is -6.38. The second kappa shape index (κ2) is 20.6. The van der Waals surface area contributed by atoms with Crippen LogP contribution < -0.4 is 16.4 Å². The van der Waals surface area contributed by atoms with Crippen LogP contribution in [0.15, 0.2) is 180 Å². The molecule has 0 saturated carbocycles. The van der Waals surface area contributed by atoms with Gasteiger partial charge in [0.1, 0.15) is 11.3 Å². The van der Waals surface area contributed by atoms with E-state index in [0.29, 0.717) is 11.8 Å². The molecule has 12 rings (SSSR count). The lowest BCUT2D eigenvalue weighted by Gasteiger charge is -2.29. The maximum Gasteiger partial charge on any atom is 0.242 e. The Kier molecular flexibility index (Phi) is 14.5. The number of fused-ring (bicyclic) bond motifs is 10. The molecule has 338 valence electrons. The molecule has 1 aromatic heterocycles. The smallest absolute Gasteiger partial charge is 0.242 e. The molecule has 0 bridgehead atoms. The van der Waals surface area contributed by atoms with Crippen molar-refractivity contribution in [2.24, 2.45) is 5.92 Å². The highest BCUT2D eigenvalue weighted by atomic mass is 16.3. The van der Waals surface area contributed by atoms with E-state index in [-0.39, 0.29) is 12.1 Å². The summed E-state index contributed by atoms with van der Waals surface area (Å²) >= 11 is 0. The second-order valence-electron chi connectivity index (χ2n) is 19.0. The Balaban J connectivity index is 0.000000149. The third-order valence-electron chi connectivity index (χ3n) is 14.2. The van der Waals surface area contributed by atoms with E-state index in [4.69, 9.17) is 4.42 Å². The molecule has 1 nitrogen and oxygen atoms in total. The summed E-state index contributed by atoms with van der Waals surface area (Å²) in [6.07, 6.45) is 22.7. The zero-order chi connectivity index (χ0) is 47.2. The number of allylic oxidation sites excluding steroid dienone is 9. The highest BCUT2D eigenvalue weighted by Crippen LogP contribution is 2.52. The molecule has 2 heteroatoms. The lowest BCUT2D eigenvalue weighted by Crippen LogP contribution is -2.48. The Bertz CT molecular complexity index is 3000. The van der Waals surface area contributed by atoms with Crippen molar-refractivity contribution in [3.05, 3.63) is 220 Å². The maximum atomic E-state index is 6.51. The van der Waals surface area contributed by atoms with Crippen LogP contribution in [-0.4, -0.2) is 6.71 Å². The van der Waals surface area contributed by atoms with Gasteiger partial charge in [-0.1, -0.05) is 256 Å². The van der Waals surface area contributed by atoms with Gasteiger partial charge in [-0.3, -0.25) is 0 Å². The minimum atomic E-state index is 0.227. The molecule has 0 spiro atoms. The SMILES string of the molecule is CC.CC.CC1=CC(c2ccc(C)cc2)=CCC1.Cc1ccc(-c2ccc(B3c4ccccc4-c4c3ccc3c5c(oc43)CCC=C5)cc2)cc1.Cc1ccc2c(c1)C(C)(C)C1C=CC=CC21. The maximum absolute atomic E-state index is 6.51. The molecule has 1 aliphatic heterocycles. The van der Waals surface area contributed by atoms with E-state index >= 15 is 0 Å². The van der Waals surface area contributed by atoms with Crippen molar-refractivity contribution in [1.82, 2.24) is 0 Å².